The van der Waals surface area contributed by atoms with Gasteiger partial charge in [-0.1, -0.05) is 29.8 Å². The van der Waals surface area contributed by atoms with Crippen LogP contribution in [0.5, 0.6) is 0 Å². The van der Waals surface area contributed by atoms with E-state index in [1.54, 1.807) is 11.3 Å². The van der Waals surface area contributed by atoms with Crippen LogP contribution in [-0.2, 0) is 0 Å². The predicted octanol–water partition coefficient (Wildman–Crippen LogP) is 4.19. The molecule has 0 saturated carbocycles. The number of hydrogen-bond acceptors (Lipinski definition) is 2. The SMILES string of the molecule is Cc1ccc(-c2nc(C)c(Br)s2)cc1. The smallest absolute Gasteiger partial charge is 0.124 e. The van der Waals surface area contributed by atoms with Crippen molar-refractivity contribution in [2.24, 2.45) is 0 Å². The van der Waals surface area contributed by atoms with Gasteiger partial charge in [-0.25, -0.2) is 4.98 Å². The zero-order valence-corrected chi connectivity index (χ0v) is 10.4. The van der Waals surface area contributed by atoms with Crippen LogP contribution in [0.2, 0.25) is 0 Å². The van der Waals surface area contributed by atoms with Crippen LogP contribution in [0.1, 0.15) is 11.3 Å². The molecule has 14 heavy (non-hydrogen) atoms. The summed E-state index contributed by atoms with van der Waals surface area (Å²) in [4.78, 5) is 4.48. The Morgan fingerprint density at radius 1 is 1.14 bits per heavy atom. The summed E-state index contributed by atoms with van der Waals surface area (Å²) in [5.41, 5.74) is 3.53. The van der Waals surface area contributed by atoms with E-state index in [9.17, 15) is 0 Å². The van der Waals surface area contributed by atoms with Crippen molar-refractivity contribution in [3.63, 3.8) is 0 Å². The normalized spacial score (nSPS) is 10.5. The van der Waals surface area contributed by atoms with Crippen molar-refractivity contribution >= 4 is 27.3 Å². The quantitative estimate of drug-likeness (QED) is 0.755. The molecule has 3 heteroatoms. The molecule has 0 aliphatic rings. The molecule has 1 aromatic carbocycles. The lowest BCUT2D eigenvalue weighted by molar-refractivity contribution is 1.25. The largest absolute Gasteiger partial charge is 0.240 e. The van der Waals surface area contributed by atoms with Crippen LogP contribution in [0.3, 0.4) is 0 Å². The van der Waals surface area contributed by atoms with Crippen molar-refractivity contribution in [2.45, 2.75) is 13.8 Å². The van der Waals surface area contributed by atoms with Crippen LogP contribution in [0.25, 0.3) is 10.6 Å². The molecule has 0 unspecified atom stereocenters. The van der Waals surface area contributed by atoms with Crippen LogP contribution < -0.4 is 0 Å². The lowest BCUT2D eigenvalue weighted by atomic mass is 10.2. The number of thiazole rings is 1. The van der Waals surface area contributed by atoms with E-state index in [1.807, 2.05) is 6.92 Å². The highest BCUT2D eigenvalue weighted by Gasteiger charge is 2.06. The van der Waals surface area contributed by atoms with Gasteiger partial charge >= 0.3 is 0 Å². The Bertz CT molecular complexity index is 425. The second kappa shape index (κ2) is 3.83. The molecular formula is C11H10BrNS. The summed E-state index contributed by atoms with van der Waals surface area (Å²) in [5, 5.41) is 1.08. The first kappa shape index (κ1) is 9.87. The van der Waals surface area contributed by atoms with Crippen molar-refractivity contribution in [1.29, 1.82) is 0 Å². The van der Waals surface area contributed by atoms with Crippen molar-refractivity contribution in [1.82, 2.24) is 4.98 Å². The molecule has 0 aliphatic heterocycles. The Balaban J connectivity index is 2.44. The number of hydrogen-bond donors (Lipinski definition) is 0. The van der Waals surface area contributed by atoms with E-state index in [0.717, 1.165) is 14.5 Å². The Morgan fingerprint density at radius 3 is 2.29 bits per heavy atom. The third-order valence-corrected chi connectivity index (χ3v) is 4.09. The van der Waals surface area contributed by atoms with E-state index in [0.29, 0.717) is 0 Å². The van der Waals surface area contributed by atoms with Crippen molar-refractivity contribution in [3.05, 3.63) is 39.3 Å². The topological polar surface area (TPSA) is 12.9 Å². The maximum Gasteiger partial charge on any atom is 0.124 e. The lowest BCUT2D eigenvalue weighted by Gasteiger charge is -1.95. The molecule has 72 valence electrons. The minimum atomic E-state index is 1.06. The maximum atomic E-state index is 4.48. The summed E-state index contributed by atoms with van der Waals surface area (Å²) >= 11 is 5.16. The highest BCUT2D eigenvalue weighted by Crippen LogP contribution is 2.31. The maximum absolute atomic E-state index is 4.48. The van der Waals surface area contributed by atoms with E-state index in [2.05, 4.69) is 52.1 Å². The predicted molar refractivity (Wildman–Crippen MR) is 64.7 cm³/mol. The van der Waals surface area contributed by atoms with Crippen LogP contribution in [0.4, 0.5) is 0 Å². The molecule has 0 spiro atoms. The molecule has 0 atom stereocenters. The first-order valence-corrected chi connectivity index (χ1v) is 5.98. The molecular weight excluding hydrogens is 258 g/mol. The van der Waals surface area contributed by atoms with Crippen molar-refractivity contribution in [3.8, 4) is 10.6 Å². The Kier molecular flexibility index (Phi) is 2.70. The van der Waals surface area contributed by atoms with Crippen LogP contribution in [-0.4, -0.2) is 4.98 Å². The van der Waals surface area contributed by atoms with Gasteiger partial charge in [0.1, 0.15) is 5.01 Å². The Hall–Kier alpha value is -0.670. The van der Waals surface area contributed by atoms with Crippen LogP contribution in [0, 0.1) is 13.8 Å². The second-order valence-corrected chi connectivity index (χ2v) is 5.56. The molecule has 2 aromatic rings. The molecule has 0 fully saturated rings. The zero-order chi connectivity index (χ0) is 10.1. The zero-order valence-electron chi connectivity index (χ0n) is 8.04. The summed E-state index contributed by atoms with van der Waals surface area (Å²) in [6, 6.07) is 8.44. The minimum absolute atomic E-state index is 1.06. The van der Waals surface area contributed by atoms with Crippen LogP contribution in [0.15, 0.2) is 28.1 Å². The Morgan fingerprint density at radius 2 is 1.79 bits per heavy atom. The van der Waals surface area contributed by atoms with Crippen molar-refractivity contribution < 1.29 is 0 Å². The van der Waals surface area contributed by atoms with Gasteiger partial charge in [0, 0.05) is 5.56 Å². The number of rotatable bonds is 1. The average molecular weight is 268 g/mol. The van der Waals surface area contributed by atoms with Gasteiger partial charge in [-0.2, -0.15) is 0 Å². The molecule has 1 aromatic heterocycles. The number of halogens is 1. The van der Waals surface area contributed by atoms with Gasteiger partial charge in [0.2, 0.25) is 0 Å². The van der Waals surface area contributed by atoms with Crippen molar-refractivity contribution in [2.75, 3.05) is 0 Å². The molecule has 0 saturated heterocycles. The van der Waals surface area contributed by atoms with E-state index in [4.69, 9.17) is 0 Å². The summed E-state index contributed by atoms with van der Waals surface area (Å²) in [5.74, 6) is 0. The summed E-state index contributed by atoms with van der Waals surface area (Å²) in [6.07, 6.45) is 0. The van der Waals surface area contributed by atoms with E-state index in [1.165, 1.54) is 11.1 Å². The monoisotopic (exact) mass is 267 g/mol. The van der Waals surface area contributed by atoms with E-state index >= 15 is 0 Å². The van der Waals surface area contributed by atoms with Gasteiger partial charge in [-0.3, -0.25) is 0 Å². The fourth-order valence-corrected chi connectivity index (χ4v) is 2.55. The lowest BCUT2D eigenvalue weighted by Crippen LogP contribution is -1.77. The highest BCUT2D eigenvalue weighted by atomic mass is 79.9. The second-order valence-electron chi connectivity index (χ2n) is 3.24. The number of aryl methyl sites for hydroxylation is 2. The van der Waals surface area contributed by atoms with Gasteiger partial charge in [-0.15, -0.1) is 11.3 Å². The fourth-order valence-electron chi connectivity index (χ4n) is 1.20. The fraction of sp³-hybridized carbons (Fsp3) is 0.182. The summed E-state index contributed by atoms with van der Waals surface area (Å²) in [7, 11) is 0. The number of nitrogens with zero attached hydrogens (tertiary/aromatic N) is 1. The molecule has 1 nitrogen and oxygen atoms in total. The molecule has 0 aliphatic carbocycles. The van der Waals surface area contributed by atoms with Gasteiger partial charge in [0.05, 0.1) is 9.48 Å². The molecule has 0 N–H and O–H groups in total. The van der Waals surface area contributed by atoms with Gasteiger partial charge < -0.3 is 0 Å². The number of benzene rings is 1. The minimum Gasteiger partial charge on any atom is -0.240 e. The van der Waals surface area contributed by atoms with Gasteiger partial charge in [0.25, 0.3) is 0 Å². The first-order chi connectivity index (χ1) is 6.66. The average Bonchev–Trinajstić information content (AvgIpc) is 2.48. The third-order valence-electron chi connectivity index (χ3n) is 2.04. The summed E-state index contributed by atoms with van der Waals surface area (Å²) < 4.78 is 1.12. The van der Waals surface area contributed by atoms with E-state index in [-0.39, 0.29) is 0 Å². The molecule has 0 bridgehead atoms. The van der Waals surface area contributed by atoms with Gasteiger partial charge in [0.15, 0.2) is 0 Å². The molecule has 2 rings (SSSR count). The van der Waals surface area contributed by atoms with Gasteiger partial charge in [-0.05, 0) is 29.8 Å². The molecule has 1 heterocycles. The molecule has 0 radical (unpaired) electrons. The Labute approximate surface area is 95.9 Å². The highest BCUT2D eigenvalue weighted by molar-refractivity contribution is 9.11. The standard InChI is InChI=1S/C11H10BrNS/c1-7-3-5-9(6-4-7)11-13-8(2)10(12)14-11/h3-6H,1-2H3. The summed E-state index contributed by atoms with van der Waals surface area (Å²) in [6.45, 7) is 4.10. The first-order valence-electron chi connectivity index (χ1n) is 4.37. The third kappa shape index (κ3) is 1.88. The number of aromatic nitrogens is 1. The van der Waals surface area contributed by atoms with E-state index < -0.39 is 0 Å². The van der Waals surface area contributed by atoms with Crippen LogP contribution >= 0.6 is 27.3 Å². The molecule has 0 amide bonds.